The maximum Gasteiger partial charge on any atom is 0.270 e. The van der Waals surface area contributed by atoms with Gasteiger partial charge in [-0.25, -0.2) is 0 Å². The van der Waals surface area contributed by atoms with Gasteiger partial charge >= 0.3 is 0 Å². The number of aromatic amines is 1. The van der Waals surface area contributed by atoms with E-state index in [-0.39, 0.29) is 28.1 Å². The Morgan fingerprint density at radius 1 is 1.37 bits per heavy atom. The van der Waals surface area contributed by atoms with E-state index in [0.717, 1.165) is 18.0 Å². The van der Waals surface area contributed by atoms with Gasteiger partial charge in [-0.3, -0.25) is 14.6 Å². The van der Waals surface area contributed by atoms with E-state index in [0.29, 0.717) is 5.69 Å². The summed E-state index contributed by atoms with van der Waals surface area (Å²) in [6.45, 7) is 0. The summed E-state index contributed by atoms with van der Waals surface area (Å²) in [4.78, 5) is 25.0. The molecule has 1 aromatic carbocycles. The minimum atomic E-state index is -0.364. The van der Waals surface area contributed by atoms with Crippen molar-refractivity contribution >= 4 is 23.4 Å². The van der Waals surface area contributed by atoms with Gasteiger partial charge in [-0.1, -0.05) is 11.8 Å². The number of amides is 1. The first-order valence-electron chi connectivity index (χ1n) is 5.27. The number of aromatic hydroxyl groups is 1. The number of thioether (sulfide) groups is 1. The highest BCUT2D eigenvalue weighted by Gasteiger charge is 2.05. The predicted octanol–water partition coefficient (Wildman–Crippen LogP) is 0.601. The van der Waals surface area contributed by atoms with Crippen LogP contribution in [-0.2, 0) is 4.79 Å². The molecular weight excluding hydrogens is 268 g/mol. The van der Waals surface area contributed by atoms with Gasteiger partial charge in [0, 0.05) is 5.69 Å². The van der Waals surface area contributed by atoms with Gasteiger partial charge in [0.25, 0.3) is 5.56 Å². The summed E-state index contributed by atoms with van der Waals surface area (Å²) < 4.78 is 0. The molecule has 0 aliphatic carbocycles. The van der Waals surface area contributed by atoms with Crippen LogP contribution >= 0.6 is 11.8 Å². The third-order valence-corrected chi connectivity index (χ3v) is 2.91. The lowest BCUT2D eigenvalue weighted by Crippen LogP contribution is -2.15. The van der Waals surface area contributed by atoms with Crippen LogP contribution in [0.15, 0.2) is 40.4 Å². The maximum absolute atomic E-state index is 11.6. The fourth-order valence-electron chi connectivity index (χ4n) is 1.24. The molecule has 1 heterocycles. The topological polar surface area (TPSA) is 108 Å². The van der Waals surface area contributed by atoms with E-state index in [4.69, 9.17) is 5.11 Å². The molecule has 0 bridgehead atoms. The zero-order valence-corrected chi connectivity index (χ0v) is 10.5. The Balaban J connectivity index is 1.88. The van der Waals surface area contributed by atoms with Gasteiger partial charge in [0.2, 0.25) is 5.91 Å². The van der Waals surface area contributed by atoms with Crippen LogP contribution in [0.5, 0.6) is 5.75 Å². The van der Waals surface area contributed by atoms with Crippen molar-refractivity contribution in [3.05, 3.63) is 40.8 Å². The Morgan fingerprint density at radius 2 is 2.11 bits per heavy atom. The molecule has 0 saturated heterocycles. The minimum Gasteiger partial charge on any atom is -0.508 e. The number of nitrogens with zero attached hydrogens (tertiary/aromatic N) is 2. The lowest BCUT2D eigenvalue weighted by Gasteiger charge is -2.04. The summed E-state index contributed by atoms with van der Waals surface area (Å²) >= 11 is 1.07. The molecule has 19 heavy (non-hydrogen) atoms. The summed E-state index contributed by atoms with van der Waals surface area (Å²) in [5, 5.41) is 19.2. The van der Waals surface area contributed by atoms with Gasteiger partial charge in [0.05, 0.1) is 5.75 Å². The molecule has 0 fully saturated rings. The summed E-state index contributed by atoms with van der Waals surface area (Å²) in [5.74, 6) is -0.0260. The van der Waals surface area contributed by atoms with Crippen molar-refractivity contribution in [2.24, 2.45) is 0 Å². The molecule has 2 aromatic rings. The van der Waals surface area contributed by atoms with Crippen LogP contribution in [0.25, 0.3) is 0 Å². The molecule has 0 saturated carbocycles. The van der Waals surface area contributed by atoms with Gasteiger partial charge < -0.3 is 10.4 Å². The molecular formula is C11H10N4O3S. The second-order valence-electron chi connectivity index (χ2n) is 3.52. The lowest BCUT2D eigenvalue weighted by atomic mass is 10.3. The average molecular weight is 278 g/mol. The zero-order chi connectivity index (χ0) is 13.7. The first-order valence-corrected chi connectivity index (χ1v) is 6.26. The van der Waals surface area contributed by atoms with Crippen molar-refractivity contribution in [3.63, 3.8) is 0 Å². The van der Waals surface area contributed by atoms with E-state index in [1.165, 1.54) is 12.1 Å². The molecule has 7 nitrogen and oxygen atoms in total. The number of phenolic OH excluding ortho intramolecular Hbond substituents is 1. The quantitative estimate of drug-likeness (QED) is 0.558. The van der Waals surface area contributed by atoms with E-state index in [1.54, 1.807) is 12.1 Å². The molecule has 1 amide bonds. The number of H-pyrrole nitrogens is 1. The van der Waals surface area contributed by atoms with Crippen LogP contribution in [0.2, 0.25) is 0 Å². The fraction of sp³-hybridized carbons (Fsp3) is 0.0909. The van der Waals surface area contributed by atoms with Crippen molar-refractivity contribution in [2.45, 2.75) is 5.16 Å². The van der Waals surface area contributed by atoms with Gasteiger partial charge in [0.1, 0.15) is 11.9 Å². The summed E-state index contributed by atoms with van der Waals surface area (Å²) in [7, 11) is 0. The van der Waals surface area contributed by atoms with Gasteiger partial charge in [-0.05, 0) is 24.3 Å². The molecule has 0 aliphatic rings. The van der Waals surface area contributed by atoms with Crippen LogP contribution in [0.4, 0.5) is 5.69 Å². The molecule has 0 atom stereocenters. The smallest absolute Gasteiger partial charge is 0.270 e. The van der Waals surface area contributed by atoms with Crippen LogP contribution < -0.4 is 10.9 Å². The SMILES string of the molecule is O=C(CSc1nncc(=O)[nH]1)Nc1ccc(O)cc1. The summed E-state index contributed by atoms with van der Waals surface area (Å²) in [5.41, 5.74) is 0.215. The Bertz CT molecular complexity index is 626. The number of carbonyl (C=O) groups excluding carboxylic acids is 1. The summed E-state index contributed by atoms with van der Waals surface area (Å²) in [6.07, 6.45) is 1.06. The third kappa shape index (κ3) is 4.11. The number of aromatic nitrogens is 3. The predicted molar refractivity (Wildman–Crippen MR) is 70.1 cm³/mol. The summed E-state index contributed by atoms with van der Waals surface area (Å²) in [6, 6.07) is 6.12. The average Bonchev–Trinajstić information content (AvgIpc) is 2.39. The first-order chi connectivity index (χ1) is 9.13. The highest BCUT2D eigenvalue weighted by molar-refractivity contribution is 7.99. The molecule has 0 aliphatic heterocycles. The van der Waals surface area contributed by atoms with Gasteiger partial charge in [-0.15, -0.1) is 5.10 Å². The van der Waals surface area contributed by atoms with Crippen LogP contribution in [0.1, 0.15) is 0 Å². The molecule has 0 spiro atoms. The number of anilines is 1. The van der Waals surface area contributed by atoms with Crippen LogP contribution in [0, 0.1) is 0 Å². The molecule has 8 heteroatoms. The normalized spacial score (nSPS) is 10.1. The molecule has 2 rings (SSSR count). The Morgan fingerprint density at radius 3 is 2.79 bits per heavy atom. The molecule has 0 unspecified atom stereocenters. The maximum atomic E-state index is 11.6. The third-order valence-electron chi connectivity index (χ3n) is 2.04. The number of carbonyl (C=O) groups is 1. The Labute approximate surface area is 112 Å². The van der Waals surface area contributed by atoms with Crippen molar-refractivity contribution in [3.8, 4) is 5.75 Å². The highest BCUT2D eigenvalue weighted by Crippen LogP contribution is 2.15. The molecule has 0 radical (unpaired) electrons. The molecule has 98 valence electrons. The molecule has 1 aromatic heterocycles. The highest BCUT2D eigenvalue weighted by atomic mass is 32.2. The van der Waals surface area contributed by atoms with E-state index < -0.39 is 0 Å². The fourth-order valence-corrected chi connectivity index (χ4v) is 1.85. The second-order valence-corrected chi connectivity index (χ2v) is 4.49. The van der Waals surface area contributed by atoms with E-state index in [9.17, 15) is 9.59 Å². The van der Waals surface area contributed by atoms with Gasteiger partial charge in [0.15, 0.2) is 5.16 Å². The minimum absolute atomic E-state index is 0.0928. The van der Waals surface area contributed by atoms with Crippen molar-refractivity contribution in [1.29, 1.82) is 0 Å². The van der Waals surface area contributed by atoms with E-state index >= 15 is 0 Å². The monoisotopic (exact) mass is 278 g/mol. The largest absolute Gasteiger partial charge is 0.508 e. The van der Waals surface area contributed by atoms with Crippen molar-refractivity contribution in [1.82, 2.24) is 15.2 Å². The Hall–Kier alpha value is -2.35. The zero-order valence-electron chi connectivity index (χ0n) is 9.66. The number of rotatable bonds is 4. The number of hydrogen-bond acceptors (Lipinski definition) is 6. The van der Waals surface area contributed by atoms with E-state index in [1.807, 2.05) is 0 Å². The van der Waals surface area contributed by atoms with Gasteiger partial charge in [-0.2, -0.15) is 5.10 Å². The van der Waals surface area contributed by atoms with Crippen LogP contribution in [-0.4, -0.2) is 31.9 Å². The lowest BCUT2D eigenvalue weighted by molar-refractivity contribution is -0.113. The number of phenols is 1. The van der Waals surface area contributed by atoms with Crippen molar-refractivity contribution < 1.29 is 9.90 Å². The Kier molecular flexibility index (Phi) is 4.14. The number of hydrogen-bond donors (Lipinski definition) is 3. The first kappa shape index (κ1) is 13.1. The standard InChI is InChI=1S/C11H10N4O3S/c16-8-3-1-7(2-4-8)13-10(18)6-19-11-14-9(17)5-12-15-11/h1-5,16H,6H2,(H,13,18)(H,14,15,17). The van der Waals surface area contributed by atoms with E-state index in [2.05, 4.69) is 20.5 Å². The number of nitrogens with one attached hydrogen (secondary N) is 2. The molecule has 3 N–H and O–H groups in total. The number of benzene rings is 1. The van der Waals surface area contributed by atoms with Crippen molar-refractivity contribution in [2.75, 3.05) is 11.1 Å². The second kappa shape index (κ2) is 6.01. The van der Waals surface area contributed by atoms with Crippen LogP contribution in [0.3, 0.4) is 0 Å².